The molecule has 1 aliphatic heterocycles. The Morgan fingerprint density at radius 2 is 2.05 bits per heavy atom. The Balaban J connectivity index is 1.79. The van der Waals surface area contributed by atoms with E-state index in [9.17, 15) is 13.2 Å². The largest absolute Gasteiger partial charge is 0.394 e. The fourth-order valence-corrected chi connectivity index (χ4v) is 3.59. The highest BCUT2D eigenvalue weighted by molar-refractivity contribution is 4.80. The summed E-state index contributed by atoms with van der Waals surface area (Å²) >= 11 is 0. The Kier molecular flexibility index (Phi) is 5.73. The molecule has 1 N–H and O–H groups in total. The van der Waals surface area contributed by atoms with Gasteiger partial charge in [-0.15, -0.1) is 0 Å². The molecule has 1 heterocycles. The molecule has 5 heteroatoms. The molecule has 2 fully saturated rings. The van der Waals surface area contributed by atoms with Gasteiger partial charge in [-0.25, -0.2) is 0 Å². The van der Waals surface area contributed by atoms with Crippen LogP contribution in [-0.2, 0) is 0 Å². The third-order valence-electron chi connectivity index (χ3n) is 4.84. The first-order chi connectivity index (χ1) is 9.45. The van der Waals surface area contributed by atoms with E-state index in [-0.39, 0.29) is 13.1 Å². The number of nitrogens with one attached hydrogen (secondary N) is 1. The maximum Gasteiger partial charge on any atom is 0.394 e. The lowest BCUT2D eigenvalue weighted by Gasteiger charge is -2.30. The SMILES string of the molecule is CC1CCCC(CCN2CCNCC(C(F)(F)F)C2)C1. The van der Waals surface area contributed by atoms with E-state index in [2.05, 4.69) is 12.2 Å². The highest BCUT2D eigenvalue weighted by atomic mass is 19.4. The van der Waals surface area contributed by atoms with Crippen LogP contribution < -0.4 is 5.32 Å². The second-order valence-electron chi connectivity index (χ2n) is 6.67. The maximum absolute atomic E-state index is 12.9. The average molecular weight is 292 g/mol. The van der Waals surface area contributed by atoms with Crippen molar-refractivity contribution in [3.63, 3.8) is 0 Å². The number of hydrogen-bond acceptors (Lipinski definition) is 2. The van der Waals surface area contributed by atoms with Gasteiger partial charge in [0.1, 0.15) is 0 Å². The monoisotopic (exact) mass is 292 g/mol. The zero-order valence-electron chi connectivity index (χ0n) is 12.4. The van der Waals surface area contributed by atoms with Crippen molar-refractivity contribution in [1.82, 2.24) is 10.2 Å². The highest BCUT2D eigenvalue weighted by Crippen LogP contribution is 2.31. The van der Waals surface area contributed by atoms with Gasteiger partial charge in [0.05, 0.1) is 5.92 Å². The quantitative estimate of drug-likeness (QED) is 0.858. The molecule has 0 aromatic carbocycles. The lowest BCUT2D eigenvalue weighted by atomic mass is 9.81. The normalized spacial score (nSPS) is 33.9. The van der Waals surface area contributed by atoms with Crippen LogP contribution in [0.15, 0.2) is 0 Å². The summed E-state index contributed by atoms with van der Waals surface area (Å²) in [4.78, 5) is 2.01. The van der Waals surface area contributed by atoms with E-state index in [0.29, 0.717) is 6.54 Å². The predicted molar refractivity (Wildman–Crippen MR) is 74.6 cm³/mol. The van der Waals surface area contributed by atoms with Crippen LogP contribution in [0.5, 0.6) is 0 Å². The fraction of sp³-hybridized carbons (Fsp3) is 1.00. The van der Waals surface area contributed by atoms with Gasteiger partial charge in [0.15, 0.2) is 0 Å². The van der Waals surface area contributed by atoms with Crippen LogP contribution in [0.1, 0.15) is 39.0 Å². The van der Waals surface area contributed by atoms with Gasteiger partial charge < -0.3 is 10.2 Å². The van der Waals surface area contributed by atoms with Crippen molar-refractivity contribution in [2.45, 2.75) is 45.2 Å². The molecule has 3 atom stereocenters. The molecular formula is C15H27F3N2. The van der Waals surface area contributed by atoms with Gasteiger partial charge in [-0.05, 0) is 31.2 Å². The maximum atomic E-state index is 12.9. The van der Waals surface area contributed by atoms with Crippen LogP contribution in [0.2, 0.25) is 0 Å². The first kappa shape index (κ1) is 16.1. The van der Waals surface area contributed by atoms with Crippen molar-refractivity contribution >= 4 is 0 Å². The molecule has 2 rings (SSSR count). The molecule has 2 nitrogen and oxygen atoms in total. The molecule has 0 aromatic heterocycles. The molecule has 0 aromatic rings. The standard InChI is InChI=1S/C15H27F3N2/c1-12-3-2-4-13(9-12)5-7-20-8-6-19-10-14(11-20)15(16,17)18/h12-14,19H,2-11H2,1H3. The zero-order valence-corrected chi connectivity index (χ0v) is 12.4. The molecule has 1 aliphatic carbocycles. The fourth-order valence-electron chi connectivity index (χ4n) is 3.59. The van der Waals surface area contributed by atoms with E-state index in [1.54, 1.807) is 0 Å². The van der Waals surface area contributed by atoms with E-state index in [1.807, 2.05) is 4.90 Å². The van der Waals surface area contributed by atoms with E-state index in [0.717, 1.165) is 31.3 Å². The number of rotatable bonds is 3. The number of nitrogens with zero attached hydrogens (tertiary/aromatic N) is 1. The molecule has 0 amide bonds. The van der Waals surface area contributed by atoms with Gasteiger partial charge in [0.2, 0.25) is 0 Å². The summed E-state index contributed by atoms with van der Waals surface area (Å²) in [5.74, 6) is 0.303. The van der Waals surface area contributed by atoms with Crippen LogP contribution in [0, 0.1) is 17.8 Å². The van der Waals surface area contributed by atoms with E-state index in [4.69, 9.17) is 0 Å². The summed E-state index contributed by atoms with van der Waals surface area (Å²) < 4.78 is 38.6. The van der Waals surface area contributed by atoms with E-state index >= 15 is 0 Å². The molecule has 1 saturated carbocycles. The summed E-state index contributed by atoms with van der Waals surface area (Å²) in [5, 5.41) is 2.92. The summed E-state index contributed by atoms with van der Waals surface area (Å²) in [7, 11) is 0. The Bertz CT molecular complexity index is 293. The summed E-state index contributed by atoms with van der Waals surface area (Å²) in [5.41, 5.74) is 0. The molecular weight excluding hydrogens is 265 g/mol. The van der Waals surface area contributed by atoms with Crippen molar-refractivity contribution in [3.05, 3.63) is 0 Å². The van der Waals surface area contributed by atoms with Gasteiger partial charge in [-0.1, -0.05) is 26.2 Å². The molecule has 0 spiro atoms. The minimum Gasteiger partial charge on any atom is -0.315 e. The van der Waals surface area contributed by atoms with Crippen LogP contribution in [0.25, 0.3) is 0 Å². The Hall–Kier alpha value is -0.290. The van der Waals surface area contributed by atoms with Crippen LogP contribution >= 0.6 is 0 Å². The third kappa shape index (κ3) is 4.92. The lowest BCUT2D eigenvalue weighted by Crippen LogP contribution is -2.38. The third-order valence-corrected chi connectivity index (χ3v) is 4.84. The summed E-state index contributed by atoms with van der Waals surface area (Å²) in [6.45, 7) is 4.77. The molecule has 0 bridgehead atoms. The molecule has 0 radical (unpaired) electrons. The highest BCUT2D eigenvalue weighted by Gasteiger charge is 2.40. The predicted octanol–water partition coefficient (Wildman–Crippen LogP) is 3.29. The lowest BCUT2D eigenvalue weighted by molar-refractivity contribution is -0.175. The van der Waals surface area contributed by atoms with E-state index < -0.39 is 12.1 Å². The van der Waals surface area contributed by atoms with Crippen molar-refractivity contribution in [2.75, 3.05) is 32.7 Å². The Morgan fingerprint density at radius 3 is 2.75 bits per heavy atom. The van der Waals surface area contributed by atoms with Crippen LogP contribution in [0.3, 0.4) is 0 Å². The topological polar surface area (TPSA) is 15.3 Å². The van der Waals surface area contributed by atoms with Gasteiger partial charge in [0, 0.05) is 26.2 Å². The first-order valence-corrected chi connectivity index (χ1v) is 7.95. The van der Waals surface area contributed by atoms with Crippen molar-refractivity contribution in [1.29, 1.82) is 0 Å². The van der Waals surface area contributed by atoms with Crippen LogP contribution in [0.4, 0.5) is 13.2 Å². The minimum atomic E-state index is -4.07. The molecule has 1 saturated heterocycles. The second-order valence-corrected chi connectivity index (χ2v) is 6.67. The number of hydrogen-bond donors (Lipinski definition) is 1. The smallest absolute Gasteiger partial charge is 0.315 e. The number of halogens is 3. The first-order valence-electron chi connectivity index (χ1n) is 7.95. The average Bonchev–Trinajstić information content (AvgIpc) is 2.61. The van der Waals surface area contributed by atoms with Crippen LogP contribution in [-0.4, -0.2) is 43.8 Å². The molecule has 118 valence electrons. The van der Waals surface area contributed by atoms with Gasteiger partial charge in [-0.3, -0.25) is 0 Å². The van der Waals surface area contributed by atoms with Crippen molar-refractivity contribution in [3.8, 4) is 0 Å². The van der Waals surface area contributed by atoms with E-state index in [1.165, 1.54) is 25.7 Å². The minimum absolute atomic E-state index is 0.0699. The second kappa shape index (κ2) is 7.12. The van der Waals surface area contributed by atoms with Gasteiger partial charge >= 0.3 is 6.18 Å². The Morgan fingerprint density at radius 1 is 1.25 bits per heavy atom. The van der Waals surface area contributed by atoms with Crippen molar-refractivity contribution in [2.24, 2.45) is 17.8 Å². The Labute approximate surface area is 120 Å². The molecule has 20 heavy (non-hydrogen) atoms. The molecule has 2 aliphatic rings. The van der Waals surface area contributed by atoms with Gasteiger partial charge in [0.25, 0.3) is 0 Å². The van der Waals surface area contributed by atoms with Gasteiger partial charge in [-0.2, -0.15) is 13.2 Å². The summed E-state index contributed by atoms with van der Waals surface area (Å²) in [6.07, 6.45) is 2.12. The zero-order chi connectivity index (χ0) is 14.6. The summed E-state index contributed by atoms with van der Waals surface area (Å²) in [6, 6.07) is 0. The number of alkyl halides is 3. The van der Waals surface area contributed by atoms with Crippen molar-refractivity contribution < 1.29 is 13.2 Å². The molecule has 3 unspecified atom stereocenters.